The molecule has 200 valence electrons. The lowest BCUT2D eigenvalue weighted by Gasteiger charge is -2.62. The average Bonchev–Trinajstić information content (AvgIpc) is 2.97. The van der Waals surface area contributed by atoms with Crippen molar-refractivity contribution in [3.8, 4) is 0 Å². The molecule has 0 aliphatic heterocycles. The first-order valence-corrected chi connectivity index (χ1v) is 12.5. The molecular weight excluding hydrogens is 474 g/mol. The number of halogens is 2. The van der Waals surface area contributed by atoms with Gasteiger partial charge >= 0.3 is 12.1 Å². The Morgan fingerprint density at radius 3 is 2.42 bits per heavy atom. The number of aliphatic hydroxyl groups is 1. The van der Waals surface area contributed by atoms with Crippen molar-refractivity contribution in [2.45, 2.75) is 84.4 Å². The summed E-state index contributed by atoms with van der Waals surface area (Å²) in [5, 5.41) is 21.8. The fourth-order valence-corrected chi connectivity index (χ4v) is 7.68. The van der Waals surface area contributed by atoms with E-state index in [1.165, 1.54) is 19.1 Å². The van der Waals surface area contributed by atoms with Crippen LogP contribution in [-0.2, 0) is 19.1 Å². The maximum atomic E-state index is 17.2. The van der Waals surface area contributed by atoms with Crippen molar-refractivity contribution in [3.05, 3.63) is 23.8 Å². The van der Waals surface area contributed by atoms with Crippen molar-refractivity contribution in [2.75, 3.05) is 6.61 Å². The summed E-state index contributed by atoms with van der Waals surface area (Å²) < 4.78 is 43.6. The second-order valence-corrected chi connectivity index (χ2v) is 12.7. The predicted octanol–water partition coefficient (Wildman–Crippen LogP) is 4.57. The molecule has 3 saturated carbocycles. The van der Waals surface area contributed by atoms with E-state index in [2.05, 4.69) is 0 Å². The highest BCUT2D eigenvalue weighted by Gasteiger charge is 2.78. The lowest BCUT2D eigenvalue weighted by molar-refractivity contribution is -0.231. The number of carboxylic acids is 1. The van der Waals surface area contributed by atoms with Crippen molar-refractivity contribution in [1.29, 1.82) is 0 Å². The van der Waals surface area contributed by atoms with Gasteiger partial charge in [0, 0.05) is 22.7 Å². The summed E-state index contributed by atoms with van der Waals surface area (Å²) >= 11 is 0. The molecule has 36 heavy (non-hydrogen) atoms. The molecule has 4 aliphatic rings. The molecule has 0 spiro atoms. The summed E-state index contributed by atoms with van der Waals surface area (Å²) in [6.45, 7) is 10.2. The number of aliphatic hydroxyl groups excluding tert-OH is 1. The van der Waals surface area contributed by atoms with Gasteiger partial charge in [-0.1, -0.05) is 40.7 Å². The molecule has 0 aromatic heterocycles. The fraction of sp³-hybridized carbons (Fsp3) is 0.741. The van der Waals surface area contributed by atoms with Gasteiger partial charge in [0.05, 0.1) is 12.7 Å². The van der Waals surface area contributed by atoms with Gasteiger partial charge in [-0.05, 0) is 55.2 Å². The summed E-state index contributed by atoms with van der Waals surface area (Å²) in [6, 6.07) is 0. The van der Waals surface area contributed by atoms with Gasteiger partial charge in [0.1, 0.15) is 6.17 Å². The first-order chi connectivity index (χ1) is 16.4. The molecular formula is C27H36F2O7. The van der Waals surface area contributed by atoms with Crippen LogP contribution in [-0.4, -0.2) is 58.3 Å². The maximum Gasteiger partial charge on any atom is 0.509 e. The summed E-state index contributed by atoms with van der Waals surface area (Å²) in [4.78, 5) is 37.5. The Bertz CT molecular complexity index is 1050. The van der Waals surface area contributed by atoms with Crippen LogP contribution in [0.3, 0.4) is 0 Å². The number of carbonyl (C=O) groups excluding carboxylic acids is 2. The second-order valence-electron chi connectivity index (χ2n) is 12.7. The highest BCUT2D eigenvalue weighted by Crippen LogP contribution is 2.71. The van der Waals surface area contributed by atoms with Crippen LogP contribution in [0.2, 0.25) is 0 Å². The van der Waals surface area contributed by atoms with Crippen molar-refractivity contribution >= 4 is 17.9 Å². The Morgan fingerprint density at radius 2 is 1.83 bits per heavy atom. The molecule has 7 nitrogen and oxygen atoms in total. The number of rotatable bonds is 3. The number of fused-ring (bicyclic) bond motifs is 5. The number of ether oxygens (including phenoxy) is 2. The molecule has 4 rings (SSSR count). The molecule has 3 fully saturated rings. The zero-order valence-electron chi connectivity index (χ0n) is 21.6. The predicted molar refractivity (Wildman–Crippen MR) is 125 cm³/mol. The van der Waals surface area contributed by atoms with Gasteiger partial charge in [0.2, 0.25) is 5.60 Å². The number of hydrogen-bond donors (Lipinski definition) is 2. The number of allylic oxidation sites excluding steroid dienone is 4. The van der Waals surface area contributed by atoms with Crippen LogP contribution in [0.5, 0.6) is 0 Å². The minimum atomic E-state index is -2.34. The molecule has 4 aliphatic carbocycles. The first kappa shape index (κ1) is 26.8. The van der Waals surface area contributed by atoms with E-state index in [4.69, 9.17) is 9.47 Å². The number of ketones is 1. The van der Waals surface area contributed by atoms with E-state index in [1.807, 2.05) is 20.8 Å². The lowest BCUT2D eigenvalue weighted by atomic mass is 9.44. The third-order valence-corrected chi connectivity index (χ3v) is 9.35. The van der Waals surface area contributed by atoms with E-state index in [0.29, 0.717) is 0 Å². The molecule has 0 unspecified atom stereocenters. The monoisotopic (exact) mass is 510 g/mol. The van der Waals surface area contributed by atoms with Gasteiger partial charge in [0.25, 0.3) is 0 Å². The Balaban J connectivity index is 1.77. The Hall–Kier alpha value is -2.29. The van der Waals surface area contributed by atoms with Crippen molar-refractivity contribution in [3.63, 3.8) is 0 Å². The topological polar surface area (TPSA) is 110 Å². The molecule has 0 aromatic carbocycles. The molecule has 0 amide bonds. The molecule has 0 bridgehead atoms. The highest BCUT2D eigenvalue weighted by molar-refractivity contribution is 6.01. The quantitative estimate of drug-likeness (QED) is 0.535. The van der Waals surface area contributed by atoms with Gasteiger partial charge in [-0.3, -0.25) is 4.79 Å². The Labute approximate surface area is 209 Å². The van der Waals surface area contributed by atoms with Gasteiger partial charge < -0.3 is 19.7 Å². The highest BCUT2D eigenvalue weighted by atomic mass is 19.1. The normalized spacial score (nSPS) is 45.8. The molecule has 0 saturated heterocycles. The minimum absolute atomic E-state index is 0.00303. The van der Waals surface area contributed by atoms with Crippen molar-refractivity contribution in [2.24, 2.45) is 34.0 Å². The van der Waals surface area contributed by atoms with Gasteiger partial charge in [0.15, 0.2) is 11.5 Å². The van der Waals surface area contributed by atoms with E-state index in [0.717, 1.165) is 6.08 Å². The maximum absolute atomic E-state index is 17.2. The average molecular weight is 511 g/mol. The second kappa shape index (κ2) is 8.10. The van der Waals surface area contributed by atoms with E-state index in [9.17, 15) is 24.6 Å². The van der Waals surface area contributed by atoms with Crippen LogP contribution in [0.25, 0.3) is 0 Å². The number of hydrogen-bond acceptors (Lipinski definition) is 6. The zero-order valence-corrected chi connectivity index (χ0v) is 21.6. The number of aliphatic carboxylic acids is 1. The van der Waals surface area contributed by atoms with Crippen LogP contribution in [0.1, 0.15) is 60.8 Å². The largest absolute Gasteiger partial charge is 0.509 e. The van der Waals surface area contributed by atoms with E-state index >= 15 is 8.78 Å². The van der Waals surface area contributed by atoms with Crippen molar-refractivity contribution in [1.82, 2.24) is 0 Å². The van der Waals surface area contributed by atoms with Crippen LogP contribution in [0, 0.1) is 34.0 Å². The number of carbonyl (C=O) groups is 3. The minimum Gasteiger partial charge on any atom is -0.478 e. The van der Waals surface area contributed by atoms with E-state index in [-0.39, 0.29) is 36.9 Å². The summed E-state index contributed by atoms with van der Waals surface area (Å²) in [6.07, 6.45) is -1.33. The van der Waals surface area contributed by atoms with Crippen LogP contribution >= 0.6 is 0 Å². The van der Waals surface area contributed by atoms with Gasteiger partial charge in [-0.25, -0.2) is 18.4 Å². The van der Waals surface area contributed by atoms with Crippen LogP contribution < -0.4 is 0 Å². The third kappa shape index (κ3) is 3.41. The van der Waals surface area contributed by atoms with Crippen molar-refractivity contribution < 1.29 is 42.9 Å². The summed E-state index contributed by atoms with van der Waals surface area (Å²) in [5.41, 5.74) is -7.81. The standard InChI is InChI=1S/C27H36F2O7/c1-14-9-16-17-11-19(28)18-10-15(30)7-8-24(18,5)26(17,29)20(31)12-25(16,6)27(14,21(32)33)36-22(34)35-13-23(2,3)4/h7-8,10,14,16-17,19-20,31H,9,11-13H2,1-6H3,(H,32,33)/t14-,16+,17+,19+,20+,24+,25+,26+,27+/m1/s1. The third-order valence-electron chi connectivity index (χ3n) is 9.35. The first-order valence-electron chi connectivity index (χ1n) is 12.5. The van der Waals surface area contributed by atoms with E-state index in [1.54, 1.807) is 13.8 Å². The SMILES string of the molecule is C[C@@H]1C[C@H]2[C@@H]3C[C@H](F)C4=CC(=O)C=C[C@]4(C)[C@@]3(F)[C@@H](O)C[C@]2(C)[C@@]1(OC(=O)OCC(C)(C)C)C(=O)O. The number of carboxylic acid groups (broad SMARTS) is 1. The van der Waals surface area contributed by atoms with Crippen LogP contribution in [0.4, 0.5) is 13.6 Å². The lowest BCUT2D eigenvalue weighted by Crippen LogP contribution is -2.71. The molecule has 9 heteroatoms. The fourth-order valence-electron chi connectivity index (χ4n) is 7.68. The molecule has 0 aromatic rings. The Kier molecular flexibility index (Phi) is 6.02. The van der Waals surface area contributed by atoms with Crippen LogP contribution in [0.15, 0.2) is 23.8 Å². The Morgan fingerprint density at radius 1 is 1.19 bits per heavy atom. The molecule has 2 N–H and O–H groups in total. The zero-order chi connectivity index (χ0) is 27.1. The number of alkyl halides is 2. The van der Waals surface area contributed by atoms with Gasteiger partial charge in [-0.15, -0.1) is 0 Å². The summed E-state index contributed by atoms with van der Waals surface area (Å²) in [5.74, 6) is -4.39. The molecule has 0 radical (unpaired) electrons. The molecule has 9 atom stereocenters. The molecule has 0 heterocycles. The van der Waals surface area contributed by atoms with Gasteiger partial charge in [-0.2, -0.15) is 0 Å². The smallest absolute Gasteiger partial charge is 0.478 e. The summed E-state index contributed by atoms with van der Waals surface area (Å²) in [7, 11) is 0. The van der Waals surface area contributed by atoms with E-state index < -0.39 is 70.0 Å².